The highest BCUT2D eigenvalue weighted by Gasteiger charge is 2.21. The molecule has 0 atom stereocenters. The first-order valence-electron chi connectivity index (χ1n) is 9.15. The van der Waals surface area contributed by atoms with E-state index in [0.29, 0.717) is 46.0 Å². The maximum Gasteiger partial charge on any atom is 0.254 e. The lowest BCUT2D eigenvalue weighted by Gasteiger charge is -2.21. The standard InChI is InChI=1S/C21H22ClN3O4/c1-4-9-25(21(26)14-10-15(27-2)12-16(11-14)28-3)13-19-23-24-20(29-19)17-7-5-6-8-18(17)22/h5-8,10-12H,4,9,13H2,1-3H3. The van der Waals surface area contributed by atoms with E-state index in [1.54, 1.807) is 49.5 Å². The molecular weight excluding hydrogens is 394 g/mol. The molecule has 8 heteroatoms. The number of hydrogen-bond donors (Lipinski definition) is 0. The van der Waals surface area contributed by atoms with Crippen LogP contribution < -0.4 is 9.47 Å². The average molecular weight is 416 g/mol. The molecule has 7 nitrogen and oxygen atoms in total. The average Bonchev–Trinajstić information content (AvgIpc) is 3.21. The van der Waals surface area contributed by atoms with E-state index in [-0.39, 0.29) is 12.5 Å². The minimum Gasteiger partial charge on any atom is -0.497 e. The summed E-state index contributed by atoms with van der Waals surface area (Å²) in [6.45, 7) is 2.71. The Bertz CT molecular complexity index is 967. The summed E-state index contributed by atoms with van der Waals surface area (Å²) in [6, 6.07) is 12.3. The van der Waals surface area contributed by atoms with Gasteiger partial charge >= 0.3 is 0 Å². The van der Waals surface area contributed by atoms with Crippen LogP contribution in [0.5, 0.6) is 11.5 Å². The summed E-state index contributed by atoms with van der Waals surface area (Å²) in [6.07, 6.45) is 0.776. The summed E-state index contributed by atoms with van der Waals surface area (Å²) in [5, 5.41) is 8.67. The summed E-state index contributed by atoms with van der Waals surface area (Å²) in [5.74, 6) is 1.56. The van der Waals surface area contributed by atoms with Crippen molar-refractivity contribution >= 4 is 17.5 Å². The highest BCUT2D eigenvalue weighted by molar-refractivity contribution is 6.33. The zero-order chi connectivity index (χ0) is 20.8. The Morgan fingerprint density at radius 3 is 2.41 bits per heavy atom. The van der Waals surface area contributed by atoms with Gasteiger partial charge in [-0.3, -0.25) is 4.79 Å². The van der Waals surface area contributed by atoms with Crippen molar-refractivity contribution < 1.29 is 18.7 Å². The van der Waals surface area contributed by atoms with Gasteiger partial charge in [0.2, 0.25) is 11.8 Å². The van der Waals surface area contributed by atoms with E-state index in [2.05, 4.69) is 10.2 Å². The minimum atomic E-state index is -0.179. The van der Waals surface area contributed by atoms with Gasteiger partial charge in [0.05, 0.1) is 31.4 Å². The Morgan fingerprint density at radius 2 is 1.79 bits per heavy atom. The van der Waals surface area contributed by atoms with Gasteiger partial charge in [-0.2, -0.15) is 0 Å². The lowest BCUT2D eigenvalue weighted by molar-refractivity contribution is 0.0728. The Hall–Kier alpha value is -3.06. The number of nitrogens with zero attached hydrogens (tertiary/aromatic N) is 3. The van der Waals surface area contributed by atoms with Crippen molar-refractivity contribution in [2.75, 3.05) is 20.8 Å². The molecule has 0 fully saturated rings. The number of hydrogen-bond acceptors (Lipinski definition) is 6. The van der Waals surface area contributed by atoms with Gasteiger partial charge in [-0.15, -0.1) is 10.2 Å². The number of methoxy groups -OCH3 is 2. The van der Waals surface area contributed by atoms with Crippen molar-refractivity contribution in [1.29, 1.82) is 0 Å². The molecule has 2 aromatic carbocycles. The number of rotatable bonds is 8. The van der Waals surface area contributed by atoms with E-state index in [1.165, 1.54) is 0 Å². The van der Waals surface area contributed by atoms with E-state index in [1.807, 2.05) is 19.1 Å². The third-order valence-electron chi connectivity index (χ3n) is 4.28. The zero-order valence-corrected chi connectivity index (χ0v) is 17.3. The molecule has 1 heterocycles. The summed E-state index contributed by atoms with van der Waals surface area (Å²) < 4.78 is 16.3. The Morgan fingerprint density at radius 1 is 1.10 bits per heavy atom. The number of aromatic nitrogens is 2. The maximum atomic E-state index is 13.1. The Kier molecular flexibility index (Phi) is 6.72. The second-order valence-electron chi connectivity index (χ2n) is 6.31. The lowest BCUT2D eigenvalue weighted by Crippen LogP contribution is -2.31. The normalized spacial score (nSPS) is 10.6. The van der Waals surface area contributed by atoms with Gasteiger partial charge in [0.25, 0.3) is 5.91 Å². The molecule has 0 saturated heterocycles. The SMILES string of the molecule is CCCN(Cc1nnc(-c2ccccc2Cl)o1)C(=O)c1cc(OC)cc(OC)c1. The summed E-state index contributed by atoms with van der Waals surface area (Å²) in [5.41, 5.74) is 1.11. The number of carbonyl (C=O) groups excluding carboxylic acids is 1. The fraction of sp³-hybridized carbons (Fsp3) is 0.286. The Labute approximate surface area is 174 Å². The van der Waals surface area contributed by atoms with Gasteiger partial charge in [0, 0.05) is 18.2 Å². The van der Waals surface area contributed by atoms with Crippen molar-refractivity contribution in [3.8, 4) is 23.0 Å². The first-order chi connectivity index (χ1) is 14.0. The molecule has 0 radical (unpaired) electrons. The van der Waals surface area contributed by atoms with Crippen LogP contribution in [0.15, 0.2) is 46.9 Å². The quantitative estimate of drug-likeness (QED) is 0.540. The molecule has 0 aliphatic rings. The molecule has 1 amide bonds. The van der Waals surface area contributed by atoms with E-state index in [4.69, 9.17) is 25.5 Å². The van der Waals surface area contributed by atoms with Crippen molar-refractivity contribution in [1.82, 2.24) is 15.1 Å². The van der Waals surface area contributed by atoms with E-state index < -0.39 is 0 Å². The molecule has 0 aliphatic carbocycles. The largest absolute Gasteiger partial charge is 0.497 e. The molecule has 0 bridgehead atoms. The van der Waals surface area contributed by atoms with Gasteiger partial charge < -0.3 is 18.8 Å². The second kappa shape index (κ2) is 9.43. The van der Waals surface area contributed by atoms with Crippen LogP contribution in [0.4, 0.5) is 0 Å². The molecule has 0 aliphatic heterocycles. The topological polar surface area (TPSA) is 77.7 Å². The van der Waals surface area contributed by atoms with Crippen LogP contribution in [-0.4, -0.2) is 41.8 Å². The summed E-state index contributed by atoms with van der Waals surface area (Å²) in [4.78, 5) is 14.8. The highest BCUT2D eigenvalue weighted by atomic mass is 35.5. The predicted molar refractivity (Wildman–Crippen MR) is 109 cm³/mol. The minimum absolute atomic E-state index is 0.179. The van der Waals surface area contributed by atoms with Gasteiger partial charge in [-0.25, -0.2) is 0 Å². The molecule has 0 unspecified atom stereocenters. The van der Waals surface area contributed by atoms with Crippen molar-refractivity contribution in [3.63, 3.8) is 0 Å². The van der Waals surface area contributed by atoms with Gasteiger partial charge in [0.1, 0.15) is 11.5 Å². The smallest absolute Gasteiger partial charge is 0.254 e. The fourth-order valence-corrected chi connectivity index (χ4v) is 3.08. The first-order valence-corrected chi connectivity index (χ1v) is 9.53. The zero-order valence-electron chi connectivity index (χ0n) is 16.5. The molecule has 1 aromatic heterocycles. The van der Waals surface area contributed by atoms with Crippen LogP contribution in [0.1, 0.15) is 29.6 Å². The number of ether oxygens (including phenoxy) is 2. The van der Waals surface area contributed by atoms with Crippen LogP contribution in [0, 0.1) is 0 Å². The van der Waals surface area contributed by atoms with Gasteiger partial charge in [-0.1, -0.05) is 30.7 Å². The molecule has 152 valence electrons. The van der Waals surface area contributed by atoms with E-state index >= 15 is 0 Å². The van der Waals surface area contributed by atoms with Crippen LogP contribution in [-0.2, 0) is 6.54 Å². The summed E-state index contributed by atoms with van der Waals surface area (Å²) in [7, 11) is 3.09. The molecule has 3 aromatic rings. The highest BCUT2D eigenvalue weighted by Crippen LogP contribution is 2.27. The predicted octanol–water partition coefficient (Wildman–Crippen LogP) is 4.46. The van der Waals surface area contributed by atoms with E-state index in [0.717, 1.165) is 6.42 Å². The Balaban J connectivity index is 1.84. The van der Waals surface area contributed by atoms with E-state index in [9.17, 15) is 4.79 Å². The lowest BCUT2D eigenvalue weighted by atomic mass is 10.1. The number of benzene rings is 2. The first kappa shape index (κ1) is 20.7. The number of carbonyl (C=O) groups is 1. The molecular formula is C21H22ClN3O4. The van der Waals surface area contributed by atoms with Crippen molar-refractivity contribution in [3.05, 3.63) is 58.9 Å². The summed E-state index contributed by atoms with van der Waals surface area (Å²) >= 11 is 6.20. The van der Waals surface area contributed by atoms with Crippen LogP contribution >= 0.6 is 11.6 Å². The maximum absolute atomic E-state index is 13.1. The van der Waals surface area contributed by atoms with Crippen LogP contribution in [0.3, 0.4) is 0 Å². The molecule has 0 N–H and O–H groups in total. The monoisotopic (exact) mass is 415 g/mol. The number of halogens is 1. The molecule has 0 saturated carbocycles. The third kappa shape index (κ3) is 4.86. The third-order valence-corrected chi connectivity index (χ3v) is 4.61. The number of amides is 1. The second-order valence-corrected chi connectivity index (χ2v) is 6.72. The van der Waals surface area contributed by atoms with Crippen molar-refractivity contribution in [2.45, 2.75) is 19.9 Å². The molecule has 29 heavy (non-hydrogen) atoms. The van der Waals surface area contributed by atoms with Gasteiger partial charge in [0.15, 0.2) is 0 Å². The van der Waals surface area contributed by atoms with Gasteiger partial charge in [-0.05, 0) is 30.7 Å². The van der Waals surface area contributed by atoms with Crippen molar-refractivity contribution in [2.24, 2.45) is 0 Å². The fourth-order valence-electron chi connectivity index (χ4n) is 2.86. The molecule has 3 rings (SSSR count). The molecule has 0 spiro atoms. The van der Waals surface area contributed by atoms with Crippen LogP contribution in [0.2, 0.25) is 5.02 Å². The van der Waals surface area contributed by atoms with Crippen LogP contribution in [0.25, 0.3) is 11.5 Å².